The van der Waals surface area contributed by atoms with Crippen LogP contribution in [0.3, 0.4) is 0 Å². The van der Waals surface area contributed by atoms with Gasteiger partial charge in [-0.05, 0) is 79.2 Å². The molecule has 4 nitrogen and oxygen atoms in total. The molecule has 5 rings (SSSR count). The molecule has 0 radical (unpaired) electrons. The van der Waals surface area contributed by atoms with Crippen molar-refractivity contribution >= 4 is 31.5 Å². The number of hydrogen-bond donors (Lipinski definition) is 1. The number of aromatic nitrogens is 1. The molecule has 7 heteroatoms. The Morgan fingerprint density at radius 1 is 0.923 bits per heavy atom. The maximum absolute atomic E-state index is 12.1. The minimum atomic E-state index is -1.90. The molecule has 2 aliphatic heterocycles. The number of nitrogens with zero attached hydrogens (tertiary/aromatic N) is 2. The zero-order valence-corrected chi connectivity index (χ0v) is 26.1. The van der Waals surface area contributed by atoms with Crippen LogP contribution in [0.25, 0.3) is 0 Å². The molecule has 0 aliphatic carbocycles. The maximum Gasteiger partial charge on any atom is 0.192 e. The van der Waals surface area contributed by atoms with E-state index in [1.807, 2.05) is 54.6 Å². The molecule has 0 saturated carbocycles. The number of piperidine rings is 1. The van der Waals surface area contributed by atoms with Gasteiger partial charge in [-0.2, -0.15) is 0 Å². The van der Waals surface area contributed by atoms with Crippen molar-refractivity contribution in [2.45, 2.75) is 94.9 Å². The first kappa shape index (κ1) is 28.8. The summed E-state index contributed by atoms with van der Waals surface area (Å²) in [7, 11) is -1.90. The molecule has 2 fully saturated rings. The highest BCUT2D eigenvalue weighted by Gasteiger charge is 2.52. The van der Waals surface area contributed by atoms with E-state index in [1.54, 1.807) is 0 Å². The van der Waals surface area contributed by atoms with Gasteiger partial charge in [0.2, 0.25) is 0 Å². The van der Waals surface area contributed by atoms with Gasteiger partial charge >= 0.3 is 0 Å². The van der Waals surface area contributed by atoms with E-state index >= 15 is 0 Å². The Labute approximate surface area is 244 Å². The third-order valence-electron chi connectivity index (χ3n) is 9.19. The van der Waals surface area contributed by atoms with E-state index in [0.29, 0.717) is 19.4 Å². The number of hydrogen-bond acceptors (Lipinski definition) is 4. The van der Waals surface area contributed by atoms with E-state index in [1.165, 1.54) is 0 Å². The summed E-state index contributed by atoms with van der Waals surface area (Å²) in [6.07, 6.45) is 3.28. The minimum Gasteiger partial charge on any atom is -0.411 e. The van der Waals surface area contributed by atoms with Crippen LogP contribution < -0.4 is 0 Å². The molecule has 1 aromatic heterocycles. The zero-order chi connectivity index (χ0) is 28.0. The van der Waals surface area contributed by atoms with Crippen LogP contribution in [-0.2, 0) is 16.6 Å². The van der Waals surface area contributed by atoms with E-state index in [0.717, 1.165) is 45.4 Å². The Morgan fingerprint density at radius 2 is 1.46 bits per heavy atom. The summed E-state index contributed by atoms with van der Waals surface area (Å²) in [5.41, 5.74) is 2.75. The number of benzene rings is 2. The van der Waals surface area contributed by atoms with Crippen LogP contribution in [0.2, 0.25) is 28.2 Å². The Morgan fingerprint density at radius 3 is 1.97 bits per heavy atom. The van der Waals surface area contributed by atoms with E-state index < -0.39 is 13.9 Å². The standard InChI is InChI=1S/C32H40Cl2N2O2Si/c1-31(2,3)39(4,5)38-21-22-11-10-16-29(35-22)32(37)19-23-17-18-24(20-32)36(23)30(25-12-6-8-14-27(25)33)26-13-7-9-15-28(26)34/h6-16,23-24,30,37H,17-21H2,1-5H3. The van der Waals surface area contributed by atoms with Crippen LogP contribution in [0, 0.1) is 0 Å². The smallest absolute Gasteiger partial charge is 0.192 e. The summed E-state index contributed by atoms with van der Waals surface area (Å²) in [6.45, 7) is 11.7. The van der Waals surface area contributed by atoms with Crippen LogP contribution in [0.15, 0.2) is 66.7 Å². The molecule has 0 spiro atoms. The van der Waals surface area contributed by atoms with Crippen molar-refractivity contribution in [3.8, 4) is 0 Å². The number of rotatable bonds is 7. The second-order valence-corrected chi connectivity index (χ2v) is 18.4. The van der Waals surface area contributed by atoms with E-state index in [9.17, 15) is 5.11 Å². The van der Waals surface area contributed by atoms with Gasteiger partial charge in [-0.3, -0.25) is 9.88 Å². The van der Waals surface area contributed by atoms with Gasteiger partial charge in [-0.1, -0.05) is 86.4 Å². The summed E-state index contributed by atoms with van der Waals surface area (Å²) >= 11 is 13.6. The normalized spacial score (nSPS) is 23.9. The highest BCUT2D eigenvalue weighted by Crippen LogP contribution is 2.51. The van der Waals surface area contributed by atoms with Gasteiger partial charge in [0.25, 0.3) is 0 Å². The molecule has 2 saturated heterocycles. The molecule has 3 aromatic rings. The Balaban J connectivity index is 1.43. The fraction of sp³-hybridized carbons (Fsp3) is 0.469. The van der Waals surface area contributed by atoms with Crippen molar-refractivity contribution in [1.82, 2.24) is 9.88 Å². The highest BCUT2D eigenvalue weighted by atomic mass is 35.5. The monoisotopic (exact) mass is 582 g/mol. The maximum atomic E-state index is 12.1. The Kier molecular flexibility index (Phi) is 8.06. The lowest BCUT2D eigenvalue weighted by Gasteiger charge is -2.47. The third kappa shape index (κ3) is 5.72. The second kappa shape index (κ2) is 10.9. The van der Waals surface area contributed by atoms with Gasteiger partial charge < -0.3 is 9.53 Å². The molecular weight excluding hydrogens is 543 g/mol. The van der Waals surface area contributed by atoms with Gasteiger partial charge in [0.05, 0.1) is 24.0 Å². The van der Waals surface area contributed by atoms with Gasteiger partial charge in [-0.25, -0.2) is 0 Å². The lowest BCUT2D eigenvalue weighted by atomic mass is 9.81. The Hall–Kier alpha value is -1.73. The molecule has 2 aliphatic rings. The molecule has 3 heterocycles. The second-order valence-electron chi connectivity index (χ2n) is 12.8. The van der Waals surface area contributed by atoms with Crippen LogP contribution in [0.1, 0.15) is 75.0 Å². The van der Waals surface area contributed by atoms with Gasteiger partial charge in [0, 0.05) is 22.1 Å². The van der Waals surface area contributed by atoms with E-state index in [4.69, 9.17) is 32.6 Å². The van der Waals surface area contributed by atoms with Crippen LogP contribution in [-0.4, -0.2) is 35.4 Å². The lowest BCUT2D eigenvalue weighted by Crippen LogP contribution is -2.51. The summed E-state index contributed by atoms with van der Waals surface area (Å²) in [5.74, 6) is 0. The predicted molar refractivity (Wildman–Crippen MR) is 163 cm³/mol. The number of halogens is 2. The molecule has 0 amide bonds. The zero-order valence-electron chi connectivity index (χ0n) is 23.6. The van der Waals surface area contributed by atoms with Crippen LogP contribution in [0.4, 0.5) is 0 Å². The predicted octanol–water partition coefficient (Wildman–Crippen LogP) is 8.51. The molecule has 2 atom stereocenters. The fourth-order valence-corrected chi connectivity index (χ4v) is 7.48. The summed E-state index contributed by atoms with van der Waals surface area (Å²) < 4.78 is 6.44. The van der Waals surface area contributed by atoms with Crippen LogP contribution >= 0.6 is 23.2 Å². The van der Waals surface area contributed by atoms with E-state index in [2.05, 4.69) is 50.9 Å². The van der Waals surface area contributed by atoms with Gasteiger partial charge in [0.15, 0.2) is 8.32 Å². The lowest BCUT2D eigenvalue weighted by molar-refractivity contribution is -0.0685. The first-order chi connectivity index (χ1) is 18.4. The molecular formula is C32H40Cl2N2O2Si. The largest absolute Gasteiger partial charge is 0.411 e. The number of pyridine rings is 1. The number of aliphatic hydroxyl groups is 1. The molecule has 1 N–H and O–H groups in total. The Bertz CT molecular complexity index is 1270. The quantitative estimate of drug-likeness (QED) is 0.283. The average Bonchev–Trinajstić information content (AvgIpc) is 3.15. The average molecular weight is 584 g/mol. The molecule has 2 bridgehead atoms. The SMILES string of the molecule is CC(C)(C)[Si](C)(C)OCc1cccc(C2(O)CC3CCC(C2)N3C(c2ccccc2Cl)c2ccccc2Cl)n1. The first-order valence-electron chi connectivity index (χ1n) is 14.0. The van der Waals surface area contributed by atoms with Crippen LogP contribution in [0.5, 0.6) is 0 Å². The van der Waals surface area contributed by atoms with Gasteiger partial charge in [0.1, 0.15) is 5.60 Å². The van der Waals surface area contributed by atoms with Crippen molar-refractivity contribution in [3.63, 3.8) is 0 Å². The molecule has 2 unspecified atom stereocenters. The minimum absolute atomic E-state index is 0.0771. The molecule has 39 heavy (non-hydrogen) atoms. The van der Waals surface area contributed by atoms with Crippen molar-refractivity contribution in [2.75, 3.05) is 0 Å². The summed E-state index contributed by atoms with van der Waals surface area (Å²) in [6, 6.07) is 22.4. The van der Waals surface area contributed by atoms with Crippen molar-refractivity contribution in [1.29, 1.82) is 0 Å². The van der Waals surface area contributed by atoms with E-state index in [-0.39, 0.29) is 23.2 Å². The number of fused-ring (bicyclic) bond motifs is 2. The fourth-order valence-electron chi connectivity index (χ4n) is 6.06. The van der Waals surface area contributed by atoms with Crippen molar-refractivity contribution in [3.05, 3.63) is 99.3 Å². The topological polar surface area (TPSA) is 45.6 Å². The highest BCUT2D eigenvalue weighted by molar-refractivity contribution is 6.74. The van der Waals surface area contributed by atoms with Crippen molar-refractivity contribution in [2.24, 2.45) is 0 Å². The summed E-state index contributed by atoms with van der Waals surface area (Å²) in [4.78, 5) is 7.51. The third-order valence-corrected chi connectivity index (χ3v) is 14.4. The molecule has 208 valence electrons. The first-order valence-corrected chi connectivity index (χ1v) is 17.7. The molecule has 2 aromatic carbocycles. The summed E-state index contributed by atoms with van der Waals surface area (Å²) in [5, 5.41) is 13.7. The van der Waals surface area contributed by atoms with Gasteiger partial charge in [-0.15, -0.1) is 0 Å². The van der Waals surface area contributed by atoms with Crippen molar-refractivity contribution < 1.29 is 9.53 Å².